The van der Waals surface area contributed by atoms with Crippen LogP contribution in [-0.4, -0.2) is 0 Å². The average Bonchev–Trinajstić information content (AvgIpc) is 2.52. The summed E-state index contributed by atoms with van der Waals surface area (Å²) >= 11 is 0. The van der Waals surface area contributed by atoms with Crippen molar-refractivity contribution in [1.29, 1.82) is 0 Å². The monoisotopic (exact) mass is 282 g/mol. The molecule has 1 aromatic rings. The van der Waals surface area contributed by atoms with E-state index in [1.54, 1.807) is 18.2 Å². The summed E-state index contributed by atoms with van der Waals surface area (Å²) in [5.41, 5.74) is 2.04. The molecule has 0 nitrogen and oxygen atoms in total. The summed E-state index contributed by atoms with van der Waals surface area (Å²) in [5.74, 6) is -0.174. The van der Waals surface area contributed by atoms with Crippen molar-refractivity contribution in [2.75, 3.05) is 0 Å². The van der Waals surface area contributed by atoms with Crippen LogP contribution in [-0.2, 0) is 6.42 Å². The van der Waals surface area contributed by atoms with Gasteiger partial charge in [0.2, 0.25) is 0 Å². The number of unbranched alkanes of at least 4 members (excludes halogenated alkanes) is 2. The van der Waals surface area contributed by atoms with Crippen LogP contribution in [0.3, 0.4) is 0 Å². The molecular weight excluding hydrogens is 247 g/mol. The first-order valence-corrected chi connectivity index (χ1v) is 8.10. The Labute approximate surface area is 127 Å². The number of hydrogen-bond donors (Lipinski definition) is 0. The lowest BCUT2D eigenvalue weighted by Crippen LogP contribution is -1.87. The van der Waals surface area contributed by atoms with Gasteiger partial charge in [-0.15, -0.1) is 0 Å². The second-order valence-corrected chi connectivity index (χ2v) is 3.75. The number of hydrogen-bond acceptors (Lipinski definition) is 0. The minimum absolute atomic E-state index is 0.174. The first kappa shape index (κ1) is 23.9. The minimum atomic E-state index is -0.174. The maximum atomic E-state index is 12.6. The van der Waals surface area contributed by atoms with Crippen LogP contribution < -0.4 is 0 Å². The third-order valence-electron chi connectivity index (χ3n) is 2.41. The molecule has 0 aliphatic carbocycles. The average molecular weight is 282 g/mol. The zero-order valence-electron chi connectivity index (χ0n) is 14.7. The standard InChI is InChI=1S/C10H11F.C5H12.2C2H6/c1-3-8-5-6-10(11)7-9(8)4-2;1-3-5-4-2;2*1-2/h3,5-7H,1,4H2,2H3;3-5H2,1-2H3;2*1-2H3. The van der Waals surface area contributed by atoms with Crippen LogP contribution in [0.5, 0.6) is 0 Å². The van der Waals surface area contributed by atoms with Gasteiger partial charge in [0.25, 0.3) is 0 Å². The Balaban J connectivity index is -0.000000272. The fourth-order valence-electron chi connectivity index (χ4n) is 1.43. The lowest BCUT2D eigenvalue weighted by molar-refractivity contribution is 0.625. The summed E-state index contributed by atoms with van der Waals surface area (Å²) in [6.45, 7) is 18.1. The van der Waals surface area contributed by atoms with E-state index >= 15 is 0 Å². The first-order valence-electron chi connectivity index (χ1n) is 8.10. The van der Waals surface area contributed by atoms with Crippen molar-refractivity contribution in [3.63, 3.8) is 0 Å². The van der Waals surface area contributed by atoms with Crippen molar-refractivity contribution in [2.24, 2.45) is 0 Å². The highest BCUT2D eigenvalue weighted by Crippen LogP contribution is 2.12. The molecule has 0 saturated heterocycles. The Morgan fingerprint density at radius 3 is 1.80 bits per heavy atom. The summed E-state index contributed by atoms with van der Waals surface area (Å²) < 4.78 is 12.6. The van der Waals surface area contributed by atoms with Crippen molar-refractivity contribution in [1.82, 2.24) is 0 Å². The zero-order valence-corrected chi connectivity index (χ0v) is 14.7. The maximum Gasteiger partial charge on any atom is 0.123 e. The van der Waals surface area contributed by atoms with Crippen LogP contribution in [0.4, 0.5) is 4.39 Å². The molecule has 0 amide bonds. The zero-order chi connectivity index (χ0) is 16.4. The number of benzene rings is 1. The van der Waals surface area contributed by atoms with Gasteiger partial charge in [-0.1, -0.05) is 86.4 Å². The van der Waals surface area contributed by atoms with Gasteiger partial charge in [-0.25, -0.2) is 4.39 Å². The van der Waals surface area contributed by atoms with E-state index in [-0.39, 0.29) is 5.82 Å². The van der Waals surface area contributed by atoms with Gasteiger partial charge < -0.3 is 0 Å². The summed E-state index contributed by atoms with van der Waals surface area (Å²) in [7, 11) is 0. The Kier molecular flexibility index (Phi) is 24.2. The molecule has 0 aromatic heterocycles. The summed E-state index contributed by atoms with van der Waals surface area (Å²) in [4.78, 5) is 0. The van der Waals surface area contributed by atoms with Gasteiger partial charge in [0, 0.05) is 0 Å². The van der Waals surface area contributed by atoms with Crippen LogP contribution in [0.25, 0.3) is 6.08 Å². The number of halogens is 1. The van der Waals surface area contributed by atoms with Gasteiger partial charge in [-0.2, -0.15) is 0 Å². The number of aryl methyl sites for hydroxylation is 1. The van der Waals surface area contributed by atoms with Crippen molar-refractivity contribution in [3.8, 4) is 0 Å². The fourth-order valence-corrected chi connectivity index (χ4v) is 1.43. The molecule has 20 heavy (non-hydrogen) atoms. The summed E-state index contributed by atoms with van der Waals surface area (Å²) in [6, 6.07) is 4.76. The first-order chi connectivity index (χ1) is 9.69. The molecule has 0 atom stereocenters. The summed E-state index contributed by atoms with van der Waals surface area (Å²) in [6.07, 6.45) is 6.67. The van der Waals surface area contributed by atoms with E-state index in [0.717, 1.165) is 17.5 Å². The molecule has 1 heteroatoms. The third-order valence-corrected chi connectivity index (χ3v) is 2.41. The Bertz CT molecular complexity index is 301. The highest BCUT2D eigenvalue weighted by molar-refractivity contribution is 5.51. The molecule has 0 bridgehead atoms. The molecule has 118 valence electrons. The Morgan fingerprint density at radius 2 is 1.50 bits per heavy atom. The lowest BCUT2D eigenvalue weighted by Gasteiger charge is -2.01. The largest absolute Gasteiger partial charge is 0.207 e. The van der Waals surface area contributed by atoms with E-state index in [9.17, 15) is 4.39 Å². The topological polar surface area (TPSA) is 0 Å². The van der Waals surface area contributed by atoms with E-state index in [0.29, 0.717) is 0 Å². The van der Waals surface area contributed by atoms with Crippen molar-refractivity contribution >= 4 is 6.08 Å². The van der Waals surface area contributed by atoms with Gasteiger partial charge in [-0.3, -0.25) is 0 Å². The third kappa shape index (κ3) is 13.3. The maximum absolute atomic E-state index is 12.6. The molecule has 0 saturated carbocycles. The molecule has 0 heterocycles. The normalized spacial score (nSPS) is 8.00. The molecule has 0 fully saturated rings. The van der Waals surface area contributed by atoms with Crippen molar-refractivity contribution < 1.29 is 4.39 Å². The van der Waals surface area contributed by atoms with Gasteiger partial charge >= 0.3 is 0 Å². The Morgan fingerprint density at radius 1 is 1.00 bits per heavy atom. The van der Waals surface area contributed by atoms with E-state index in [1.807, 2.05) is 34.6 Å². The second kappa shape index (κ2) is 20.2. The summed E-state index contributed by atoms with van der Waals surface area (Å²) in [5, 5.41) is 0. The molecular formula is C19H35F. The second-order valence-electron chi connectivity index (χ2n) is 3.75. The molecule has 0 aliphatic heterocycles. The van der Waals surface area contributed by atoms with Gasteiger partial charge in [0.1, 0.15) is 5.82 Å². The van der Waals surface area contributed by atoms with E-state index in [1.165, 1.54) is 25.3 Å². The van der Waals surface area contributed by atoms with Crippen molar-refractivity contribution in [2.45, 2.75) is 74.1 Å². The molecule has 0 radical (unpaired) electrons. The molecule has 0 N–H and O–H groups in total. The van der Waals surface area contributed by atoms with Crippen LogP contribution in [0, 0.1) is 5.82 Å². The van der Waals surface area contributed by atoms with E-state index in [2.05, 4.69) is 20.4 Å². The quantitative estimate of drug-likeness (QED) is 0.544. The van der Waals surface area contributed by atoms with Crippen LogP contribution >= 0.6 is 0 Å². The molecule has 0 spiro atoms. The molecule has 0 aliphatic rings. The fraction of sp³-hybridized carbons (Fsp3) is 0.579. The van der Waals surface area contributed by atoms with Crippen molar-refractivity contribution in [3.05, 3.63) is 41.7 Å². The molecule has 1 aromatic carbocycles. The highest BCUT2D eigenvalue weighted by Gasteiger charge is 1.97. The molecule has 0 unspecified atom stereocenters. The predicted octanol–water partition coefficient (Wildman–Crippen LogP) is 7.28. The Hall–Kier alpha value is -1.11. The highest BCUT2D eigenvalue weighted by atomic mass is 19.1. The SMILES string of the molecule is C=Cc1ccc(F)cc1CC.CC.CC.CCCCC. The van der Waals surface area contributed by atoms with E-state index < -0.39 is 0 Å². The molecule has 1 rings (SSSR count). The van der Waals surface area contributed by atoms with Gasteiger partial charge in [0.15, 0.2) is 0 Å². The lowest BCUT2D eigenvalue weighted by atomic mass is 10.1. The van der Waals surface area contributed by atoms with E-state index in [4.69, 9.17) is 0 Å². The van der Waals surface area contributed by atoms with Crippen LogP contribution in [0.1, 0.15) is 78.9 Å². The smallest absolute Gasteiger partial charge is 0.123 e. The van der Waals surface area contributed by atoms with Crippen LogP contribution in [0.2, 0.25) is 0 Å². The minimum Gasteiger partial charge on any atom is -0.207 e. The predicted molar refractivity (Wildman–Crippen MR) is 93.8 cm³/mol. The van der Waals surface area contributed by atoms with Gasteiger partial charge in [-0.05, 0) is 29.7 Å². The van der Waals surface area contributed by atoms with Gasteiger partial charge in [0.05, 0.1) is 0 Å². The number of rotatable bonds is 4. The van der Waals surface area contributed by atoms with Crippen LogP contribution in [0.15, 0.2) is 24.8 Å².